The average molecular weight is 204 g/mol. The monoisotopic (exact) mass is 204 g/mol. The molecule has 1 aromatic carbocycles. The molecule has 0 radical (unpaired) electrons. The fourth-order valence-electron chi connectivity index (χ4n) is 1.11. The van der Waals surface area contributed by atoms with Crippen molar-refractivity contribution < 1.29 is 4.79 Å². The van der Waals surface area contributed by atoms with Crippen LogP contribution < -0.4 is 0 Å². The van der Waals surface area contributed by atoms with Crippen molar-refractivity contribution in [1.82, 2.24) is 0 Å². The molecule has 0 atom stereocenters. The van der Waals surface area contributed by atoms with E-state index in [1.165, 1.54) is 0 Å². The van der Waals surface area contributed by atoms with E-state index in [2.05, 4.69) is 6.58 Å². The lowest BCUT2D eigenvalue weighted by atomic mass is 10.0. The van der Waals surface area contributed by atoms with E-state index in [0.29, 0.717) is 12.0 Å². The van der Waals surface area contributed by atoms with Gasteiger partial charge >= 0.3 is 0 Å². The maximum Gasteiger partial charge on any atom is 0.150 e. The van der Waals surface area contributed by atoms with Crippen LogP contribution in [0.25, 0.3) is 0 Å². The Morgan fingerprint density at radius 2 is 2.29 bits per heavy atom. The van der Waals surface area contributed by atoms with Gasteiger partial charge in [-0.15, -0.1) is 0 Å². The number of benzene rings is 1. The molecule has 0 fully saturated rings. The lowest BCUT2D eigenvalue weighted by molar-refractivity contribution is 0.112. The molecule has 1 rings (SSSR count). The summed E-state index contributed by atoms with van der Waals surface area (Å²) in [5.41, 5.74) is 2.66. The Morgan fingerprint density at radius 1 is 1.57 bits per heavy atom. The summed E-state index contributed by atoms with van der Waals surface area (Å²) < 4.78 is 0. The molecule has 14 heavy (non-hydrogen) atoms. The van der Waals surface area contributed by atoms with Crippen LogP contribution in [0, 0.1) is 0 Å². The van der Waals surface area contributed by atoms with E-state index in [0.717, 1.165) is 22.3 Å². The van der Waals surface area contributed by atoms with Crippen molar-refractivity contribution in [3.8, 4) is 0 Å². The molecule has 0 aromatic heterocycles. The smallest absolute Gasteiger partial charge is 0.150 e. The zero-order chi connectivity index (χ0) is 10.6. The first-order valence-corrected chi connectivity index (χ1v) is 4.77. The Balaban J connectivity index is 2.81. The lowest BCUT2D eigenvalue weighted by Gasteiger charge is -2.03. The van der Waals surface area contributed by atoms with Gasteiger partial charge in [-0.1, -0.05) is 37.0 Å². The van der Waals surface area contributed by atoms with Crippen LogP contribution in [-0.4, -0.2) is 11.2 Å². The van der Waals surface area contributed by atoms with Gasteiger partial charge in [-0.3, -0.25) is 4.79 Å². The maximum atomic E-state index is 10.5. The summed E-state index contributed by atoms with van der Waals surface area (Å²) in [6.45, 7) is 5.68. The first-order chi connectivity index (χ1) is 6.63. The predicted octanol–water partition coefficient (Wildman–Crippen LogP) is 2.99. The quantitative estimate of drug-likeness (QED) is 0.426. The van der Waals surface area contributed by atoms with Crippen LogP contribution in [-0.2, 0) is 6.42 Å². The van der Waals surface area contributed by atoms with Crippen molar-refractivity contribution in [2.45, 2.75) is 13.3 Å². The Labute approximate surface area is 89.5 Å². The first-order valence-electron chi connectivity index (χ1n) is 4.36. The van der Waals surface area contributed by atoms with Crippen molar-refractivity contribution in [2.75, 3.05) is 0 Å². The molecular weight excluding hydrogens is 192 g/mol. The highest BCUT2D eigenvalue weighted by molar-refractivity contribution is 7.80. The van der Waals surface area contributed by atoms with Crippen LogP contribution in [0.2, 0.25) is 0 Å². The van der Waals surface area contributed by atoms with Gasteiger partial charge in [0.25, 0.3) is 0 Å². The molecule has 0 saturated heterocycles. The van der Waals surface area contributed by atoms with Crippen LogP contribution in [0.3, 0.4) is 0 Å². The summed E-state index contributed by atoms with van der Waals surface area (Å²) in [6, 6.07) is 7.45. The van der Waals surface area contributed by atoms with E-state index in [1.807, 2.05) is 25.1 Å². The molecule has 0 aliphatic carbocycles. The van der Waals surface area contributed by atoms with Crippen LogP contribution in [0.1, 0.15) is 22.8 Å². The van der Waals surface area contributed by atoms with Crippen LogP contribution in [0.4, 0.5) is 0 Å². The van der Waals surface area contributed by atoms with Crippen molar-refractivity contribution in [2.24, 2.45) is 0 Å². The Bertz CT molecular complexity index is 380. The standard InChI is InChI=1S/C12H12OS/c1-9(2)12(14)7-10-4-3-5-11(6-10)8-13/h3-6,8H,1,7H2,2H3. The third-order valence-corrected chi connectivity index (χ3v) is 2.42. The number of thiocarbonyl (C=S) groups is 1. The molecule has 2 heteroatoms. The van der Waals surface area contributed by atoms with Gasteiger partial charge in [0.1, 0.15) is 6.29 Å². The molecule has 0 amide bonds. The molecule has 1 aromatic rings. The fraction of sp³-hybridized carbons (Fsp3) is 0.167. The average Bonchev–Trinajstić information content (AvgIpc) is 2.18. The molecule has 0 aliphatic rings. The molecule has 0 spiro atoms. The third kappa shape index (κ3) is 2.89. The van der Waals surface area contributed by atoms with Crippen molar-refractivity contribution in [3.63, 3.8) is 0 Å². The van der Waals surface area contributed by atoms with E-state index in [1.54, 1.807) is 6.07 Å². The molecule has 0 bridgehead atoms. The van der Waals surface area contributed by atoms with Gasteiger partial charge in [0, 0.05) is 16.8 Å². The SMILES string of the molecule is C=C(C)C(=S)Cc1cccc(C=O)c1. The molecule has 1 nitrogen and oxygen atoms in total. The van der Waals surface area contributed by atoms with Crippen LogP contribution in [0.5, 0.6) is 0 Å². The number of carbonyl (C=O) groups excluding carboxylic acids is 1. The second-order valence-corrected chi connectivity index (χ2v) is 3.74. The minimum Gasteiger partial charge on any atom is -0.298 e. The van der Waals surface area contributed by atoms with E-state index < -0.39 is 0 Å². The molecule has 0 N–H and O–H groups in total. The van der Waals surface area contributed by atoms with Crippen molar-refractivity contribution >= 4 is 23.4 Å². The van der Waals surface area contributed by atoms with E-state index in [4.69, 9.17) is 12.2 Å². The maximum absolute atomic E-state index is 10.5. The second-order valence-electron chi connectivity index (χ2n) is 3.24. The Morgan fingerprint density at radius 3 is 2.86 bits per heavy atom. The summed E-state index contributed by atoms with van der Waals surface area (Å²) >= 11 is 5.15. The van der Waals surface area contributed by atoms with E-state index in [9.17, 15) is 4.79 Å². The summed E-state index contributed by atoms with van der Waals surface area (Å²) in [4.78, 5) is 11.4. The summed E-state index contributed by atoms with van der Waals surface area (Å²) in [7, 11) is 0. The van der Waals surface area contributed by atoms with Gasteiger partial charge < -0.3 is 0 Å². The zero-order valence-corrected chi connectivity index (χ0v) is 8.93. The largest absolute Gasteiger partial charge is 0.298 e. The van der Waals surface area contributed by atoms with Crippen LogP contribution >= 0.6 is 12.2 Å². The fourth-order valence-corrected chi connectivity index (χ4v) is 1.28. The van der Waals surface area contributed by atoms with E-state index in [-0.39, 0.29) is 0 Å². The summed E-state index contributed by atoms with van der Waals surface area (Å²) in [6.07, 6.45) is 1.53. The minimum absolute atomic E-state index is 0.687. The molecule has 0 unspecified atom stereocenters. The van der Waals surface area contributed by atoms with Crippen molar-refractivity contribution in [1.29, 1.82) is 0 Å². The number of allylic oxidation sites excluding steroid dienone is 1. The third-order valence-electron chi connectivity index (χ3n) is 1.93. The Hall–Kier alpha value is -1.28. The normalized spacial score (nSPS) is 9.50. The summed E-state index contributed by atoms with van der Waals surface area (Å²) in [5, 5.41) is 0. The second kappa shape index (κ2) is 4.82. The highest BCUT2D eigenvalue weighted by Gasteiger charge is 2.00. The topological polar surface area (TPSA) is 17.1 Å². The van der Waals surface area contributed by atoms with Gasteiger partial charge in [-0.25, -0.2) is 0 Å². The number of hydrogen-bond donors (Lipinski definition) is 0. The minimum atomic E-state index is 0.687. The van der Waals surface area contributed by atoms with Crippen LogP contribution in [0.15, 0.2) is 36.4 Å². The predicted molar refractivity (Wildman–Crippen MR) is 62.9 cm³/mol. The number of hydrogen-bond acceptors (Lipinski definition) is 2. The lowest BCUT2D eigenvalue weighted by Crippen LogP contribution is -2.00. The number of aldehydes is 1. The van der Waals surface area contributed by atoms with Gasteiger partial charge in [0.05, 0.1) is 0 Å². The Kier molecular flexibility index (Phi) is 3.72. The highest BCUT2D eigenvalue weighted by Crippen LogP contribution is 2.08. The number of carbonyl (C=O) groups is 1. The van der Waals surface area contributed by atoms with Crippen molar-refractivity contribution in [3.05, 3.63) is 47.5 Å². The van der Waals surface area contributed by atoms with Gasteiger partial charge in [-0.2, -0.15) is 0 Å². The molecule has 72 valence electrons. The number of rotatable bonds is 4. The zero-order valence-electron chi connectivity index (χ0n) is 8.12. The summed E-state index contributed by atoms with van der Waals surface area (Å²) in [5.74, 6) is 0. The molecule has 0 aliphatic heterocycles. The first kappa shape index (κ1) is 10.8. The highest BCUT2D eigenvalue weighted by atomic mass is 32.1. The molecule has 0 heterocycles. The van der Waals surface area contributed by atoms with Gasteiger partial charge in [0.2, 0.25) is 0 Å². The van der Waals surface area contributed by atoms with E-state index >= 15 is 0 Å². The van der Waals surface area contributed by atoms with Gasteiger partial charge in [-0.05, 0) is 24.1 Å². The molecular formula is C12H12OS. The van der Waals surface area contributed by atoms with Gasteiger partial charge in [0.15, 0.2) is 0 Å². The molecule has 0 saturated carbocycles.